The standard InChI is InChI=1S/C22H34N2O5/c1-3-27-20(28-4-2)14-13-18(23)21(25)19-12-8-9-15-24(19)22(26)29-16-17-10-6-5-7-11-17/h5-7,10-11,18-20H,3-4,8-9,12-16,23H2,1-2H3/t18?,19-/m0/s1. The molecule has 162 valence electrons. The van der Waals surface area contributed by atoms with Crippen LogP contribution < -0.4 is 5.73 Å². The molecule has 1 aromatic carbocycles. The number of carbonyl (C=O) groups excluding carboxylic acids is 2. The van der Waals surface area contributed by atoms with Crippen LogP contribution in [0, 0.1) is 0 Å². The molecule has 2 atom stereocenters. The van der Waals surface area contributed by atoms with Crippen LogP contribution >= 0.6 is 0 Å². The van der Waals surface area contributed by atoms with Gasteiger partial charge >= 0.3 is 6.09 Å². The van der Waals surface area contributed by atoms with Gasteiger partial charge in [0.1, 0.15) is 6.61 Å². The minimum absolute atomic E-state index is 0.117. The Morgan fingerprint density at radius 2 is 1.79 bits per heavy atom. The van der Waals surface area contributed by atoms with Crippen LogP contribution in [0.4, 0.5) is 4.79 Å². The van der Waals surface area contributed by atoms with E-state index in [9.17, 15) is 9.59 Å². The second kappa shape index (κ2) is 12.6. The normalized spacial score (nSPS) is 17.9. The zero-order valence-corrected chi connectivity index (χ0v) is 17.5. The van der Waals surface area contributed by atoms with Crippen molar-refractivity contribution in [1.82, 2.24) is 4.90 Å². The number of hydrogen-bond donors (Lipinski definition) is 1. The Morgan fingerprint density at radius 3 is 2.45 bits per heavy atom. The number of hydrogen-bond acceptors (Lipinski definition) is 6. The number of likely N-dealkylation sites (tertiary alicyclic amines) is 1. The molecule has 1 aliphatic rings. The maximum Gasteiger partial charge on any atom is 0.410 e. The minimum atomic E-state index is -0.661. The third kappa shape index (κ3) is 7.42. The molecule has 7 nitrogen and oxygen atoms in total. The van der Waals surface area contributed by atoms with E-state index in [0.29, 0.717) is 39.0 Å². The molecular formula is C22H34N2O5. The number of ether oxygens (including phenoxy) is 3. The van der Waals surface area contributed by atoms with E-state index in [4.69, 9.17) is 19.9 Å². The Balaban J connectivity index is 1.90. The van der Waals surface area contributed by atoms with Gasteiger partial charge in [-0.25, -0.2) is 4.79 Å². The lowest BCUT2D eigenvalue weighted by Gasteiger charge is -2.35. The van der Waals surface area contributed by atoms with E-state index in [1.54, 1.807) is 0 Å². The second-order valence-electron chi connectivity index (χ2n) is 7.17. The van der Waals surface area contributed by atoms with Gasteiger partial charge in [0.25, 0.3) is 0 Å². The zero-order valence-electron chi connectivity index (χ0n) is 17.5. The minimum Gasteiger partial charge on any atom is -0.445 e. The molecule has 29 heavy (non-hydrogen) atoms. The van der Waals surface area contributed by atoms with Crippen LogP contribution in [0.25, 0.3) is 0 Å². The average Bonchev–Trinajstić information content (AvgIpc) is 2.76. The van der Waals surface area contributed by atoms with Gasteiger partial charge in [-0.15, -0.1) is 0 Å². The summed E-state index contributed by atoms with van der Waals surface area (Å²) in [7, 11) is 0. The highest BCUT2D eigenvalue weighted by atomic mass is 16.7. The molecule has 0 spiro atoms. The Morgan fingerprint density at radius 1 is 1.10 bits per heavy atom. The fourth-order valence-corrected chi connectivity index (χ4v) is 3.54. The third-order valence-electron chi connectivity index (χ3n) is 5.05. The number of ketones is 1. The predicted octanol–water partition coefficient (Wildman–Crippen LogP) is 3.25. The van der Waals surface area contributed by atoms with Crippen molar-refractivity contribution >= 4 is 11.9 Å². The summed E-state index contributed by atoms with van der Waals surface area (Å²) in [5, 5.41) is 0. The molecule has 1 aliphatic heterocycles. The van der Waals surface area contributed by atoms with E-state index in [-0.39, 0.29) is 18.7 Å². The summed E-state index contributed by atoms with van der Waals surface area (Å²) in [5.74, 6) is -0.117. The van der Waals surface area contributed by atoms with Gasteiger partial charge in [-0.05, 0) is 45.1 Å². The van der Waals surface area contributed by atoms with Gasteiger partial charge in [0.05, 0.1) is 12.1 Å². The van der Waals surface area contributed by atoms with Crippen LogP contribution in [0.15, 0.2) is 30.3 Å². The summed E-state index contributed by atoms with van der Waals surface area (Å²) in [6.07, 6.45) is 2.55. The molecule has 0 aliphatic carbocycles. The van der Waals surface area contributed by atoms with Crippen molar-refractivity contribution in [3.05, 3.63) is 35.9 Å². The van der Waals surface area contributed by atoms with Gasteiger partial charge in [-0.2, -0.15) is 0 Å². The SMILES string of the molecule is CCOC(CCC(N)C(=O)[C@@H]1CCCCN1C(=O)OCc1ccccc1)OCC. The fraction of sp³-hybridized carbons (Fsp3) is 0.636. The average molecular weight is 407 g/mol. The van der Waals surface area contributed by atoms with Gasteiger partial charge in [-0.3, -0.25) is 9.69 Å². The van der Waals surface area contributed by atoms with Crippen LogP contribution in [0.1, 0.15) is 51.5 Å². The van der Waals surface area contributed by atoms with Gasteiger partial charge in [0.15, 0.2) is 12.1 Å². The summed E-state index contributed by atoms with van der Waals surface area (Å²) in [5.41, 5.74) is 7.09. The molecule has 0 radical (unpaired) electrons. The van der Waals surface area contributed by atoms with Gasteiger partial charge in [0.2, 0.25) is 0 Å². The summed E-state index contributed by atoms with van der Waals surface area (Å²) >= 11 is 0. The highest BCUT2D eigenvalue weighted by Gasteiger charge is 2.35. The van der Waals surface area contributed by atoms with Crippen molar-refractivity contribution in [3.63, 3.8) is 0 Å². The van der Waals surface area contributed by atoms with E-state index in [2.05, 4.69) is 0 Å². The van der Waals surface area contributed by atoms with Crippen molar-refractivity contribution in [1.29, 1.82) is 0 Å². The lowest BCUT2D eigenvalue weighted by molar-refractivity contribution is -0.142. The van der Waals surface area contributed by atoms with Crippen molar-refractivity contribution in [2.75, 3.05) is 19.8 Å². The number of Topliss-reactive ketones (excluding diaryl/α,β-unsaturated/α-hetero) is 1. The Hall–Kier alpha value is -1.96. The molecule has 0 bridgehead atoms. The monoisotopic (exact) mass is 406 g/mol. The second-order valence-corrected chi connectivity index (χ2v) is 7.17. The topological polar surface area (TPSA) is 91.1 Å². The highest BCUT2D eigenvalue weighted by molar-refractivity contribution is 5.91. The van der Waals surface area contributed by atoms with Crippen molar-refractivity contribution in [3.8, 4) is 0 Å². The first kappa shape index (κ1) is 23.3. The third-order valence-corrected chi connectivity index (χ3v) is 5.05. The Kier molecular flexibility index (Phi) is 10.1. The van der Waals surface area contributed by atoms with E-state index in [1.807, 2.05) is 44.2 Å². The molecule has 0 aromatic heterocycles. The first-order valence-corrected chi connectivity index (χ1v) is 10.6. The Bertz CT molecular complexity index is 619. The van der Waals surface area contributed by atoms with Gasteiger partial charge in [-0.1, -0.05) is 30.3 Å². The smallest absolute Gasteiger partial charge is 0.410 e. The summed E-state index contributed by atoms with van der Waals surface area (Å²) in [6.45, 7) is 5.58. The van der Waals surface area contributed by atoms with Gasteiger partial charge in [0, 0.05) is 26.2 Å². The fourth-order valence-electron chi connectivity index (χ4n) is 3.54. The molecule has 1 saturated heterocycles. The maximum absolute atomic E-state index is 13.0. The molecule has 0 saturated carbocycles. The number of benzene rings is 1. The number of piperidine rings is 1. The first-order valence-electron chi connectivity index (χ1n) is 10.6. The van der Waals surface area contributed by atoms with Crippen LogP contribution in [0.5, 0.6) is 0 Å². The first-order chi connectivity index (χ1) is 14.1. The molecule has 1 amide bonds. The van der Waals surface area contributed by atoms with E-state index in [0.717, 1.165) is 18.4 Å². The predicted molar refractivity (Wildman–Crippen MR) is 110 cm³/mol. The Labute approximate surface area is 173 Å². The van der Waals surface area contributed by atoms with E-state index < -0.39 is 18.2 Å². The molecule has 7 heteroatoms. The summed E-state index contributed by atoms with van der Waals surface area (Å²) in [4.78, 5) is 27.1. The number of carbonyl (C=O) groups is 2. The quantitative estimate of drug-likeness (QED) is 0.567. The molecule has 2 N–H and O–H groups in total. The molecule has 1 unspecified atom stereocenters. The zero-order chi connectivity index (χ0) is 21.1. The van der Waals surface area contributed by atoms with Crippen LogP contribution in [-0.4, -0.2) is 54.9 Å². The molecule has 1 aromatic rings. The lowest BCUT2D eigenvalue weighted by Crippen LogP contribution is -2.53. The largest absolute Gasteiger partial charge is 0.445 e. The lowest BCUT2D eigenvalue weighted by atomic mass is 9.93. The summed E-state index contributed by atoms with van der Waals surface area (Å²) < 4.78 is 16.5. The number of rotatable bonds is 11. The molecular weight excluding hydrogens is 372 g/mol. The molecule has 2 rings (SSSR count). The number of nitrogens with two attached hydrogens (primary N) is 1. The van der Waals surface area contributed by atoms with E-state index in [1.165, 1.54) is 4.90 Å². The number of amides is 1. The van der Waals surface area contributed by atoms with Crippen molar-refractivity contribution in [2.45, 2.75) is 70.9 Å². The van der Waals surface area contributed by atoms with Crippen LogP contribution in [0.3, 0.4) is 0 Å². The summed E-state index contributed by atoms with van der Waals surface area (Å²) in [6, 6.07) is 8.31. The number of nitrogens with zero attached hydrogens (tertiary/aromatic N) is 1. The highest BCUT2D eigenvalue weighted by Crippen LogP contribution is 2.21. The van der Waals surface area contributed by atoms with Crippen LogP contribution in [-0.2, 0) is 25.6 Å². The molecule has 1 heterocycles. The maximum atomic E-state index is 13.0. The van der Waals surface area contributed by atoms with Crippen LogP contribution in [0.2, 0.25) is 0 Å². The van der Waals surface area contributed by atoms with Gasteiger partial charge < -0.3 is 19.9 Å². The molecule has 1 fully saturated rings. The van der Waals surface area contributed by atoms with Crippen molar-refractivity contribution < 1.29 is 23.8 Å². The van der Waals surface area contributed by atoms with Crippen molar-refractivity contribution in [2.24, 2.45) is 5.73 Å². The van der Waals surface area contributed by atoms with E-state index >= 15 is 0 Å².